The van der Waals surface area contributed by atoms with Gasteiger partial charge in [0.2, 0.25) is 0 Å². The highest BCUT2D eigenvalue weighted by Crippen LogP contribution is 2.18. The van der Waals surface area contributed by atoms with Crippen molar-refractivity contribution in [2.75, 3.05) is 6.54 Å². The summed E-state index contributed by atoms with van der Waals surface area (Å²) < 4.78 is 2.39. The fourth-order valence-corrected chi connectivity index (χ4v) is 3.59. The summed E-state index contributed by atoms with van der Waals surface area (Å²) in [7, 11) is 0. The summed E-state index contributed by atoms with van der Waals surface area (Å²) in [4.78, 5) is 17.1. The molecule has 0 aliphatic heterocycles. The van der Waals surface area contributed by atoms with Crippen LogP contribution in [0.1, 0.15) is 60.8 Å². The number of para-hydroxylation sites is 2. The number of nitrogens with zero attached hydrogens (tertiary/aromatic N) is 2. The fourth-order valence-electron chi connectivity index (χ4n) is 3.59. The van der Waals surface area contributed by atoms with Crippen molar-refractivity contribution in [2.24, 2.45) is 0 Å². The Hall–Kier alpha value is -2.62. The Morgan fingerprint density at radius 3 is 2.61 bits per heavy atom. The molecule has 0 saturated heterocycles. The molecule has 2 aromatic carbocycles. The molecule has 28 heavy (non-hydrogen) atoms. The maximum absolute atomic E-state index is 12.2. The minimum Gasteiger partial charge on any atom is -0.352 e. The summed E-state index contributed by atoms with van der Waals surface area (Å²) in [6, 6.07) is 16.1. The van der Waals surface area contributed by atoms with Gasteiger partial charge in [-0.2, -0.15) is 0 Å². The van der Waals surface area contributed by atoms with E-state index in [1.54, 1.807) is 0 Å². The second kappa shape index (κ2) is 10.1. The number of nitrogens with one attached hydrogen (secondary N) is 1. The van der Waals surface area contributed by atoms with Crippen molar-refractivity contribution in [2.45, 2.75) is 58.9 Å². The van der Waals surface area contributed by atoms with Gasteiger partial charge in [-0.1, -0.05) is 50.1 Å². The second-order valence-corrected chi connectivity index (χ2v) is 7.40. The Bertz CT molecular complexity index is 913. The van der Waals surface area contributed by atoms with Crippen LogP contribution in [0.5, 0.6) is 0 Å². The van der Waals surface area contributed by atoms with Crippen LogP contribution in [0.3, 0.4) is 0 Å². The molecule has 0 aliphatic carbocycles. The van der Waals surface area contributed by atoms with E-state index in [9.17, 15) is 4.79 Å². The van der Waals surface area contributed by atoms with Crippen molar-refractivity contribution < 1.29 is 4.79 Å². The molecule has 148 valence electrons. The SMILES string of the molecule is CCCCn1c(CCCCCNC(=O)c2ccccc2C)nc2ccccc21. The first-order chi connectivity index (χ1) is 13.7. The summed E-state index contributed by atoms with van der Waals surface area (Å²) in [5.41, 5.74) is 4.13. The average Bonchev–Trinajstić information content (AvgIpc) is 3.06. The van der Waals surface area contributed by atoms with Gasteiger partial charge in [0, 0.05) is 25.1 Å². The van der Waals surface area contributed by atoms with E-state index in [0.717, 1.165) is 55.4 Å². The fraction of sp³-hybridized carbons (Fsp3) is 0.417. The quantitative estimate of drug-likeness (QED) is 0.488. The molecule has 4 nitrogen and oxygen atoms in total. The van der Waals surface area contributed by atoms with Crippen LogP contribution >= 0.6 is 0 Å². The van der Waals surface area contributed by atoms with Gasteiger partial charge in [0.05, 0.1) is 11.0 Å². The summed E-state index contributed by atoms with van der Waals surface area (Å²) in [5, 5.41) is 3.04. The van der Waals surface area contributed by atoms with Gasteiger partial charge >= 0.3 is 0 Å². The van der Waals surface area contributed by atoms with Crippen molar-refractivity contribution in [3.8, 4) is 0 Å². The largest absolute Gasteiger partial charge is 0.352 e. The Kier molecular flexibility index (Phi) is 7.24. The van der Waals surface area contributed by atoms with Gasteiger partial charge in [-0.05, 0) is 49.9 Å². The van der Waals surface area contributed by atoms with E-state index in [-0.39, 0.29) is 5.91 Å². The highest BCUT2D eigenvalue weighted by Gasteiger charge is 2.10. The predicted octanol–water partition coefficient (Wildman–Crippen LogP) is 5.29. The molecule has 1 heterocycles. The zero-order valence-electron chi connectivity index (χ0n) is 17.1. The highest BCUT2D eigenvalue weighted by atomic mass is 16.1. The molecule has 0 unspecified atom stereocenters. The maximum Gasteiger partial charge on any atom is 0.251 e. The van der Waals surface area contributed by atoms with Crippen LogP contribution in [0.4, 0.5) is 0 Å². The van der Waals surface area contributed by atoms with E-state index in [2.05, 4.69) is 41.1 Å². The van der Waals surface area contributed by atoms with Crippen LogP contribution in [0.15, 0.2) is 48.5 Å². The lowest BCUT2D eigenvalue weighted by Gasteiger charge is -2.09. The minimum absolute atomic E-state index is 0.0273. The van der Waals surface area contributed by atoms with Gasteiger partial charge in [-0.15, -0.1) is 0 Å². The lowest BCUT2D eigenvalue weighted by atomic mass is 10.1. The topological polar surface area (TPSA) is 46.9 Å². The number of hydrogen-bond donors (Lipinski definition) is 1. The smallest absolute Gasteiger partial charge is 0.251 e. The molecule has 0 bridgehead atoms. The van der Waals surface area contributed by atoms with Crippen LogP contribution in [-0.4, -0.2) is 22.0 Å². The molecule has 0 spiro atoms. The van der Waals surface area contributed by atoms with E-state index in [4.69, 9.17) is 4.98 Å². The first-order valence-corrected chi connectivity index (χ1v) is 10.5. The molecule has 1 aromatic heterocycles. The third kappa shape index (κ3) is 5.00. The summed E-state index contributed by atoms with van der Waals surface area (Å²) in [5.74, 6) is 1.22. The Morgan fingerprint density at radius 2 is 1.79 bits per heavy atom. The molecule has 0 aliphatic rings. The van der Waals surface area contributed by atoms with Crippen LogP contribution in [0, 0.1) is 6.92 Å². The lowest BCUT2D eigenvalue weighted by Crippen LogP contribution is -2.25. The molecule has 0 saturated carbocycles. The number of aryl methyl sites for hydroxylation is 3. The molecule has 0 fully saturated rings. The van der Waals surface area contributed by atoms with E-state index < -0.39 is 0 Å². The van der Waals surface area contributed by atoms with Crippen molar-refractivity contribution in [3.05, 3.63) is 65.5 Å². The molecule has 3 rings (SSSR count). The third-order valence-corrected chi connectivity index (χ3v) is 5.22. The third-order valence-electron chi connectivity index (χ3n) is 5.22. The zero-order valence-corrected chi connectivity index (χ0v) is 17.1. The number of amides is 1. The van der Waals surface area contributed by atoms with E-state index in [1.807, 2.05) is 31.2 Å². The number of aromatic nitrogens is 2. The number of hydrogen-bond acceptors (Lipinski definition) is 2. The number of rotatable bonds is 10. The Labute approximate surface area is 168 Å². The number of unbranched alkanes of at least 4 members (excludes halogenated alkanes) is 3. The second-order valence-electron chi connectivity index (χ2n) is 7.40. The van der Waals surface area contributed by atoms with Crippen molar-refractivity contribution in [1.29, 1.82) is 0 Å². The lowest BCUT2D eigenvalue weighted by molar-refractivity contribution is 0.0952. The number of imidazole rings is 1. The van der Waals surface area contributed by atoms with Crippen LogP contribution in [-0.2, 0) is 13.0 Å². The first-order valence-electron chi connectivity index (χ1n) is 10.5. The first kappa shape index (κ1) is 20.1. The molecule has 1 amide bonds. The van der Waals surface area contributed by atoms with Gasteiger partial charge in [0.15, 0.2) is 0 Å². The van der Waals surface area contributed by atoms with E-state index in [0.29, 0.717) is 0 Å². The number of fused-ring (bicyclic) bond motifs is 1. The average molecular weight is 378 g/mol. The minimum atomic E-state index is 0.0273. The van der Waals surface area contributed by atoms with Crippen molar-refractivity contribution >= 4 is 16.9 Å². The molecular formula is C24H31N3O. The number of carbonyl (C=O) groups excluding carboxylic acids is 1. The van der Waals surface area contributed by atoms with Crippen LogP contribution < -0.4 is 5.32 Å². The standard InChI is InChI=1S/C24H31N3O/c1-3-4-18-27-22-15-10-9-14-21(22)26-23(27)16-6-5-11-17-25-24(28)20-13-8-7-12-19(20)2/h7-10,12-15H,3-6,11,16-18H2,1-2H3,(H,25,28). The summed E-state index contributed by atoms with van der Waals surface area (Å²) in [6.07, 6.45) is 6.53. The van der Waals surface area contributed by atoms with Gasteiger partial charge in [0.1, 0.15) is 5.82 Å². The summed E-state index contributed by atoms with van der Waals surface area (Å²) >= 11 is 0. The van der Waals surface area contributed by atoms with Gasteiger partial charge in [0.25, 0.3) is 5.91 Å². The van der Waals surface area contributed by atoms with Gasteiger partial charge in [-0.25, -0.2) is 4.98 Å². The van der Waals surface area contributed by atoms with Crippen LogP contribution in [0.25, 0.3) is 11.0 Å². The Morgan fingerprint density at radius 1 is 1.00 bits per heavy atom. The normalized spacial score (nSPS) is 11.1. The predicted molar refractivity (Wildman–Crippen MR) is 116 cm³/mol. The zero-order chi connectivity index (χ0) is 19.8. The van der Waals surface area contributed by atoms with E-state index in [1.165, 1.54) is 24.2 Å². The van der Waals surface area contributed by atoms with Crippen LogP contribution in [0.2, 0.25) is 0 Å². The molecule has 4 heteroatoms. The molecule has 0 atom stereocenters. The van der Waals surface area contributed by atoms with Crippen molar-refractivity contribution in [1.82, 2.24) is 14.9 Å². The molecular weight excluding hydrogens is 346 g/mol. The number of carbonyl (C=O) groups is 1. The molecule has 3 aromatic rings. The highest BCUT2D eigenvalue weighted by molar-refractivity contribution is 5.95. The van der Waals surface area contributed by atoms with Gasteiger partial charge in [-0.3, -0.25) is 4.79 Å². The molecule has 1 N–H and O–H groups in total. The maximum atomic E-state index is 12.2. The van der Waals surface area contributed by atoms with Crippen molar-refractivity contribution in [3.63, 3.8) is 0 Å². The van der Waals surface area contributed by atoms with Gasteiger partial charge < -0.3 is 9.88 Å². The Balaban J connectivity index is 1.46. The summed E-state index contributed by atoms with van der Waals surface area (Å²) in [6.45, 7) is 5.96. The number of benzene rings is 2. The monoisotopic (exact) mass is 377 g/mol. The van der Waals surface area contributed by atoms with E-state index >= 15 is 0 Å². The molecule has 0 radical (unpaired) electrons.